The third-order valence-corrected chi connectivity index (χ3v) is 3.74. The molecule has 0 radical (unpaired) electrons. The molecule has 2 N–H and O–H groups in total. The largest absolute Gasteiger partial charge is 0.508 e. The molecule has 1 aromatic heterocycles. The van der Waals surface area contributed by atoms with Crippen LogP contribution < -0.4 is 0 Å². The minimum atomic E-state index is -0.104. The highest BCUT2D eigenvalue weighted by atomic mass is 16.3. The fourth-order valence-electron chi connectivity index (χ4n) is 2.66. The van der Waals surface area contributed by atoms with Crippen molar-refractivity contribution in [1.82, 2.24) is 4.98 Å². The number of allylic oxidation sites excluding steroid dienone is 1. The number of rotatable bonds is 3. The Labute approximate surface area is 129 Å². The molecule has 0 saturated carbocycles. The van der Waals surface area contributed by atoms with Crippen molar-refractivity contribution in [2.45, 2.75) is 19.4 Å². The van der Waals surface area contributed by atoms with Crippen LogP contribution in [-0.2, 0) is 6.61 Å². The fraction of sp³-hybridized carbons (Fsp3) is 0.222. The van der Waals surface area contributed by atoms with E-state index >= 15 is 0 Å². The summed E-state index contributed by atoms with van der Waals surface area (Å²) in [7, 11) is 0. The van der Waals surface area contributed by atoms with Gasteiger partial charge in [0.2, 0.25) is 0 Å². The van der Waals surface area contributed by atoms with Crippen LogP contribution in [-0.4, -0.2) is 27.5 Å². The predicted octanol–water partition coefficient (Wildman–Crippen LogP) is 2.95. The maximum Gasteiger partial charge on any atom is 0.115 e. The van der Waals surface area contributed by atoms with E-state index in [0.717, 1.165) is 41.8 Å². The molecule has 0 spiro atoms. The average molecular weight is 294 g/mol. The number of benzene rings is 1. The van der Waals surface area contributed by atoms with E-state index < -0.39 is 0 Å². The van der Waals surface area contributed by atoms with Crippen LogP contribution in [0.3, 0.4) is 0 Å². The van der Waals surface area contributed by atoms with Crippen molar-refractivity contribution in [2.24, 2.45) is 4.99 Å². The Morgan fingerprint density at radius 1 is 1.23 bits per heavy atom. The molecule has 0 amide bonds. The number of hydrogen-bond acceptors (Lipinski definition) is 4. The van der Waals surface area contributed by atoms with Crippen molar-refractivity contribution >= 4 is 11.8 Å². The van der Waals surface area contributed by atoms with E-state index in [1.807, 2.05) is 24.4 Å². The molecule has 0 fully saturated rings. The van der Waals surface area contributed by atoms with Gasteiger partial charge in [-0.05, 0) is 59.9 Å². The average Bonchev–Trinajstić information content (AvgIpc) is 2.57. The number of phenolic OH excluding ortho intramolecular Hbond substituents is 1. The fourth-order valence-corrected chi connectivity index (χ4v) is 2.66. The first-order valence-corrected chi connectivity index (χ1v) is 7.36. The zero-order valence-electron chi connectivity index (χ0n) is 12.2. The number of aliphatic hydroxyl groups excluding tert-OH is 1. The van der Waals surface area contributed by atoms with Crippen molar-refractivity contribution in [2.75, 3.05) is 6.54 Å². The summed E-state index contributed by atoms with van der Waals surface area (Å²) in [6.45, 7) is 0.719. The Bertz CT molecular complexity index is 721. The predicted molar refractivity (Wildman–Crippen MR) is 86.9 cm³/mol. The van der Waals surface area contributed by atoms with Gasteiger partial charge in [-0.3, -0.25) is 9.98 Å². The highest BCUT2D eigenvalue weighted by molar-refractivity contribution is 6.15. The van der Waals surface area contributed by atoms with E-state index in [9.17, 15) is 10.2 Å². The molecular weight excluding hydrogens is 276 g/mol. The molecule has 4 heteroatoms. The lowest BCUT2D eigenvalue weighted by molar-refractivity contribution is 0.281. The number of aliphatic imine (C=N–C) groups is 1. The summed E-state index contributed by atoms with van der Waals surface area (Å²) in [6.07, 6.45) is 7.58. The molecule has 0 atom stereocenters. The van der Waals surface area contributed by atoms with Crippen molar-refractivity contribution in [3.8, 4) is 5.75 Å². The Balaban J connectivity index is 2.02. The van der Waals surface area contributed by atoms with Gasteiger partial charge in [-0.15, -0.1) is 0 Å². The zero-order valence-corrected chi connectivity index (χ0v) is 12.2. The second-order valence-electron chi connectivity index (χ2n) is 5.29. The number of aliphatic hydroxyl groups is 1. The van der Waals surface area contributed by atoms with Crippen LogP contribution in [0.15, 0.2) is 53.3 Å². The first-order chi connectivity index (χ1) is 10.8. The topological polar surface area (TPSA) is 65.7 Å². The minimum absolute atomic E-state index is 0.104. The van der Waals surface area contributed by atoms with Crippen LogP contribution in [0.4, 0.5) is 0 Å². The van der Waals surface area contributed by atoms with Crippen LogP contribution in [0.2, 0.25) is 0 Å². The molecule has 1 aliphatic rings. The molecule has 4 nitrogen and oxygen atoms in total. The smallest absolute Gasteiger partial charge is 0.115 e. The molecule has 22 heavy (non-hydrogen) atoms. The van der Waals surface area contributed by atoms with Crippen molar-refractivity contribution in [1.29, 1.82) is 0 Å². The molecule has 0 aliphatic carbocycles. The third-order valence-electron chi connectivity index (χ3n) is 3.74. The standard InChI is InChI=1S/C18H18N2O2/c21-12-16-10-17(22)6-5-13(16)9-14-3-2-8-20-18(14)15-4-1-7-19-11-15/h1,4-7,9-11,21-22H,2-3,8,12H2. The van der Waals surface area contributed by atoms with E-state index in [-0.39, 0.29) is 12.4 Å². The Kier molecular flexibility index (Phi) is 4.30. The number of phenols is 1. The molecular formula is C18H18N2O2. The van der Waals surface area contributed by atoms with Crippen molar-refractivity contribution < 1.29 is 10.2 Å². The van der Waals surface area contributed by atoms with Gasteiger partial charge in [0.05, 0.1) is 12.3 Å². The van der Waals surface area contributed by atoms with Crippen molar-refractivity contribution in [3.05, 3.63) is 65.0 Å². The number of hydrogen-bond donors (Lipinski definition) is 2. The Morgan fingerprint density at radius 2 is 2.14 bits per heavy atom. The van der Waals surface area contributed by atoms with E-state index in [4.69, 9.17) is 0 Å². The molecule has 112 valence electrons. The molecule has 1 aliphatic heterocycles. The molecule has 0 saturated heterocycles. The molecule has 1 aromatic carbocycles. The van der Waals surface area contributed by atoms with E-state index in [1.165, 1.54) is 0 Å². The monoisotopic (exact) mass is 294 g/mol. The van der Waals surface area contributed by atoms with E-state index in [0.29, 0.717) is 5.56 Å². The SMILES string of the molecule is OCc1cc(O)ccc1C=C1CCCN=C1c1cccnc1. The van der Waals surface area contributed by atoms with Gasteiger partial charge in [-0.1, -0.05) is 6.07 Å². The van der Waals surface area contributed by atoms with Gasteiger partial charge >= 0.3 is 0 Å². The van der Waals surface area contributed by atoms with Crippen molar-refractivity contribution in [3.63, 3.8) is 0 Å². The molecule has 2 aromatic rings. The van der Waals surface area contributed by atoms with Crippen LogP contribution in [0.5, 0.6) is 5.75 Å². The minimum Gasteiger partial charge on any atom is -0.508 e. The zero-order chi connectivity index (χ0) is 15.4. The summed E-state index contributed by atoms with van der Waals surface area (Å²) in [5, 5.41) is 19.0. The summed E-state index contributed by atoms with van der Waals surface area (Å²) >= 11 is 0. The van der Waals surface area contributed by atoms with Crippen LogP contribution in [0.25, 0.3) is 6.08 Å². The molecule has 2 heterocycles. The second kappa shape index (κ2) is 6.54. The van der Waals surface area contributed by atoms with Crippen LogP contribution in [0.1, 0.15) is 29.5 Å². The van der Waals surface area contributed by atoms with Gasteiger partial charge in [0.1, 0.15) is 5.75 Å². The Morgan fingerprint density at radius 3 is 2.91 bits per heavy atom. The molecule has 3 rings (SSSR count). The lowest BCUT2D eigenvalue weighted by Crippen LogP contribution is -2.12. The summed E-state index contributed by atoms with van der Waals surface area (Å²) < 4.78 is 0. The van der Waals surface area contributed by atoms with Crippen LogP contribution >= 0.6 is 0 Å². The van der Waals surface area contributed by atoms with Gasteiger partial charge < -0.3 is 10.2 Å². The third kappa shape index (κ3) is 3.07. The lowest BCUT2D eigenvalue weighted by Gasteiger charge is -2.17. The highest BCUT2D eigenvalue weighted by Gasteiger charge is 2.15. The number of aromatic hydroxyl groups is 1. The summed E-state index contributed by atoms with van der Waals surface area (Å²) in [4.78, 5) is 8.81. The lowest BCUT2D eigenvalue weighted by atomic mass is 9.93. The highest BCUT2D eigenvalue weighted by Crippen LogP contribution is 2.25. The Hall–Kier alpha value is -2.46. The van der Waals surface area contributed by atoms with Crippen LogP contribution in [0, 0.1) is 0 Å². The maximum atomic E-state index is 9.54. The number of aromatic nitrogens is 1. The summed E-state index contributed by atoms with van der Waals surface area (Å²) in [6, 6.07) is 8.97. The van der Waals surface area contributed by atoms with Gasteiger partial charge in [0.15, 0.2) is 0 Å². The first kappa shape index (κ1) is 14.5. The van der Waals surface area contributed by atoms with E-state index in [2.05, 4.69) is 16.1 Å². The van der Waals surface area contributed by atoms with Gasteiger partial charge in [-0.2, -0.15) is 0 Å². The first-order valence-electron chi connectivity index (χ1n) is 7.36. The van der Waals surface area contributed by atoms with Gasteiger partial charge in [-0.25, -0.2) is 0 Å². The number of nitrogens with zero attached hydrogens (tertiary/aromatic N) is 2. The van der Waals surface area contributed by atoms with Gasteiger partial charge in [0.25, 0.3) is 0 Å². The van der Waals surface area contributed by atoms with E-state index in [1.54, 1.807) is 18.3 Å². The second-order valence-corrected chi connectivity index (χ2v) is 5.29. The molecule has 0 unspecified atom stereocenters. The number of pyridine rings is 1. The maximum absolute atomic E-state index is 9.54. The summed E-state index contributed by atoms with van der Waals surface area (Å²) in [5.74, 6) is 0.163. The summed E-state index contributed by atoms with van der Waals surface area (Å²) in [5.41, 5.74) is 4.74. The quantitative estimate of drug-likeness (QED) is 0.914. The normalized spacial score (nSPS) is 16.6. The van der Waals surface area contributed by atoms with Gasteiger partial charge in [0, 0.05) is 24.5 Å². The molecule has 0 bridgehead atoms.